The largest absolute Gasteiger partial charge is 0.350 e. The van der Waals surface area contributed by atoms with E-state index in [0.29, 0.717) is 6.54 Å². The van der Waals surface area contributed by atoms with E-state index >= 15 is 0 Å². The van der Waals surface area contributed by atoms with Crippen molar-refractivity contribution in [2.75, 3.05) is 13.1 Å². The number of nitrogens with one attached hydrogen (secondary N) is 1. The fraction of sp³-hybridized carbons (Fsp3) is 0.500. The highest BCUT2D eigenvalue weighted by Crippen LogP contribution is 2.09. The SMILES string of the molecule is O=C(CC(=O)N1CCCCC1)NCc1ccccn1. The molecule has 19 heavy (non-hydrogen) atoms. The van der Waals surface area contributed by atoms with Crippen molar-refractivity contribution in [3.63, 3.8) is 0 Å². The standard InChI is InChI=1S/C14H19N3O2/c18-13(16-11-12-6-2-3-7-15-12)10-14(19)17-8-4-1-5-9-17/h2-3,6-7H,1,4-5,8-11H2,(H,16,18). The van der Waals surface area contributed by atoms with Gasteiger partial charge in [-0.3, -0.25) is 14.6 Å². The van der Waals surface area contributed by atoms with Crippen LogP contribution >= 0.6 is 0 Å². The first-order valence-electron chi connectivity index (χ1n) is 6.70. The Labute approximate surface area is 113 Å². The lowest BCUT2D eigenvalue weighted by atomic mass is 10.1. The second-order valence-corrected chi connectivity index (χ2v) is 4.72. The molecule has 0 bridgehead atoms. The number of carbonyl (C=O) groups excluding carboxylic acids is 2. The van der Waals surface area contributed by atoms with Crippen molar-refractivity contribution >= 4 is 11.8 Å². The molecule has 2 rings (SSSR count). The van der Waals surface area contributed by atoms with Gasteiger partial charge in [-0.1, -0.05) is 6.07 Å². The Morgan fingerprint density at radius 3 is 2.68 bits per heavy atom. The first-order chi connectivity index (χ1) is 9.25. The fourth-order valence-electron chi connectivity index (χ4n) is 2.15. The fourth-order valence-corrected chi connectivity index (χ4v) is 2.15. The van der Waals surface area contributed by atoms with E-state index in [4.69, 9.17) is 0 Å². The normalized spacial score (nSPS) is 15.1. The molecule has 0 saturated carbocycles. The van der Waals surface area contributed by atoms with E-state index < -0.39 is 0 Å². The number of pyridine rings is 1. The molecule has 0 aliphatic carbocycles. The van der Waals surface area contributed by atoms with Crippen molar-refractivity contribution in [2.45, 2.75) is 32.2 Å². The van der Waals surface area contributed by atoms with Gasteiger partial charge in [0.25, 0.3) is 0 Å². The molecule has 5 nitrogen and oxygen atoms in total. The molecule has 1 aliphatic rings. The summed E-state index contributed by atoms with van der Waals surface area (Å²) >= 11 is 0. The van der Waals surface area contributed by atoms with E-state index in [-0.39, 0.29) is 18.2 Å². The Hall–Kier alpha value is -1.91. The number of hydrogen-bond acceptors (Lipinski definition) is 3. The van der Waals surface area contributed by atoms with Gasteiger partial charge in [0.15, 0.2) is 0 Å². The molecule has 0 radical (unpaired) electrons. The van der Waals surface area contributed by atoms with E-state index in [0.717, 1.165) is 31.6 Å². The van der Waals surface area contributed by atoms with Crippen LogP contribution in [0.5, 0.6) is 0 Å². The van der Waals surface area contributed by atoms with Crippen molar-refractivity contribution in [2.24, 2.45) is 0 Å². The summed E-state index contributed by atoms with van der Waals surface area (Å²) in [5.41, 5.74) is 0.793. The van der Waals surface area contributed by atoms with Crippen LogP contribution < -0.4 is 5.32 Å². The summed E-state index contributed by atoms with van der Waals surface area (Å²) in [6.45, 7) is 1.94. The van der Waals surface area contributed by atoms with Gasteiger partial charge in [-0.25, -0.2) is 0 Å². The molecule has 1 fully saturated rings. The minimum absolute atomic E-state index is 0.0627. The van der Waals surface area contributed by atoms with Gasteiger partial charge in [-0.2, -0.15) is 0 Å². The van der Waals surface area contributed by atoms with Gasteiger partial charge in [-0.05, 0) is 31.4 Å². The molecule has 5 heteroatoms. The zero-order valence-electron chi connectivity index (χ0n) is 11.0. The van der Waals surface area contributed by atoms with Crippen LogP contribution in [0.3, 0.4) is 0 Å². The molecule has 1 saturated heterocycles. The van der Waals surface area contributed by atoms with Gasteiger partial charge in [0.1, 0.15) is 6.42 Å². The summed E-state index contributed by atoms with van der Waals surface area (Å²) in [4.78, 5) is 29.4. The predicted molar refractivity (Wildman–Crippen MR) is 71.1 cm³/mol. The first-order valence-corrected chi connectivity index (χ1v) is 6.70. The summed E-state index contributed by atoms with van der Waals surface area (Å²) in [5, 5.41) is 2.72. The molecule has 0 spiro atoms. The maximum atomic E-state index is 11.9. The number of likely N-dealkylation sites (tertiary alicyclic amines) is 1. The number of hydrogen-bond donors (Lipinski definition) is 1. The van der Waals surface area contributed by atoms with Crippen LogP contribution in [0.1, 0.15) is 31.4 Å². The van der Waals surface area contributed by atoms with Gasteiger partial charge >= 0.3 is 0 Å². The molecule has 1 aromatic heterocycles. The van der Waals surface area contributed by atoms with Crippen LogP contribution in [-0.4, -0.2) is 34.8 Å². The summed E-state index contributed by atoms with van der Waals surface area (Å²) in [6.07, 6.45) is 4.88. The maximum Gasteiger partial charge on any atom is 0.232 e. The van der Waals surface area contributed by atoms with Crippen molar-refractivity contribution < 1.29 is 9.59 Å². The van der Waals surface area contributed by atoms with E-state index in [9.17, 15) is 9.59 Å². The lowest BCUT2D eigenvalue weighted by molar-refractivity contribution is -0.136. The van der Waals surface area contributed by atoms with Crippen LogP contribution in [-0.2, 0) is 16.1 Å². The van der Waals surface area contributed by atoms with Gasteiger partial charge in [0, 0.05) is 19.3 Å². The van der Waals surface area contributed by atoms with Crippen LogP contribution in [0.25, 0.3) is 0 Å². The van der Waals surface area contributed by atoms with E-state index in [1.54, 1.807) is 11.1 Å². The summed E-state index contributed by atoms with van der Waals surface area (Å²) in [7, 11) is 0. The van der Waals surface area contributed by atoms with Crippen LogP contribution in [0.2, 0.25) is 0 Å². The highest BCUT2D eigenvalue weighted by atomic mass is 16.2. The summed E-state index contributed by atoms with van der Waals surface area (Å²) < 4.78 is 0. The third kappa shape index (κ3) is 4.35. The van der Waals surface area contributed by atoms with Gasteiger partial charge in [0.2, 0.25) is 11.8 Å². The molecule has 0 atom stereocenters. The Kier molecular flexibility index (Phi) is 4.89. The van der Waals surface area contributed by atoms with E-state index in [1.807, 2.05) is 18.2 Å². The monoisotopic (exact) mass is 261 g/mol. The Morgan fingerprint density at radius 1 is 1.21 bits per heavy atom. The number of rotatable bonds is 4. The van der Waals surface area contributed by atoms with Crippen LogP contribution in [0.4, 0.5) is 0 Å². The zero-order valence-corrected chi connectivity index (χ0v) is 11.0. The lowest BCUT2D eigenvalue weighted by Gasteiger charge is -2.26. The summed E-state index contributed by atoms with van der Waals surface area (Å²) in [6, 6.07) is 5.53. The van der Waals surface area contributed by atoms with Crippen molar-refractivity contribution in [1.82, 2.24) is 15.2 Å². The highest BCUT2D eigenvalue weighted by molar-refractivity contribution is 5.96. The number of amides is 2. The first kappa shape index (κ1) is 13.5. The highest BCUT2D eigenvalue weighted by Gasteiger charge is 2.18. The van der Waals surface area contributed by atoms with Gasteiger partial charge in [0.05, 0.1) is 12.2 Å². The second-order valence-electron chi connectivity index (χ2n) is 4.72. The molecule has 1 N–H and O–H groups in total. The van der Waals surface area contributed by atoms with Crippen molar-refractivity contribution in [3.8, 4) is 0 Å². The molecule has 102 valence electrons. The average Bonchev–Trinajstić information content (AvgIpc) is 2.47. The molecular weight excluding hydrogens is 242 g/mol. The third-order valence-electron chi connectivity index (χ3n) is 3.21. The minimum atomic E-state index is -0.235. The molecule has 1 aromatic rings. The number of aromatic nitrogens is 1. The lowest BCUT2D eigenvalue weighted by Crippen LogP contribution is -2.38. The Bertz CT molecular complexity index is 428. The van der Waals surface area contributed by atoms with Crippen molar-refractivity contribution in [3.05, 3.63) is 30.1 Å². The van der Waals surface area contributed by atoms with E-state index in [1.165, 1.54) is 6.42 Å². The maximum absolute atomic E-state index is 11.9. The van der Waals surface area contributed by atoms with Gasteiger partial charge in [-0.15, -0.1) is 0 Å². The Balaban J connectivity index is 1.73. The molecule has 0 aromatic carbocycles. The number of carbonyl (C=O) groups is 2. The quantitative estimate of drug-likeness (QED) is 0.826. The third-order valence-corrected chi connectivity index (χ3v) is 3.21. The molecule has 2 heterocycles. The second kappa shape index (κ2) is 6.87. The number of piperidine rings is 1. The van der Waals surface area contributed by atoms with Gasteiger partial charge < -0.3 is 10.2 Å². The van der Waals surface area contributed by atoms with Crippen LogP contribution in [0.15, 0.2) is 24.4 Å². The molecule has 1 aliphatic heterocycles. The predicted octanol–water partition coefficient (Wildman–Crippen LogP) is 1.10. The smallest absolute Gasteiger partial charge is 0.232 e. The van der Waals surface area contributed by atoms with E-state index in [2.05, 4.69) is 10.3 Å². The zero-order chi connectivity index (χ0) is 13.5. The topological polar surface area (TPSA) is 62.3 Å². The minimum Gasteiger partial charge on any atom is -0.350 e. The summed E-state index contributed by atoms with van der Waals surface area (Å²) in [5.74, 6) is -0.306. The molecule has 2 amide bonds. The molecule has 0 unspecified atom stereocenters. The van der Waals surface area contributed by atoms with Crippen LogP contribution in [0, 0.1) is 0 Å². The number of nitrogens with zero attached hydrogens (tertiary/aromatic N) is 2. The average molecular weight is 261 g/mol. The van der Waals surface area contributed by atoms with Crippen molar-refractivity contribution in [1.29, 1.82) is 0 Å². The molecular formula is C14H19N3O2. The Morgan fingerprint density at radius 2 is 2.00 bits per heavy atom.